The van der Waals surface area contributed by atoms with Gasteiger partial charge >= 0.3 is 0 Å². The van der Waals surface area contributed by atoms with Crippen LogP contribution in [0.15, 0.2) is 29.4 Å². The number of nitrogens with zero attached hydrogens (tertiary/aromatic N) is 1. The molecule has 4 nitrogen and oxygen atoms in total. The van der Waals surface area contributed by atoms with E-state index < -0.39 is 0 Å². The van der Waals surface area contributed by atoms with Crippen molar-refractivity contribution in [2.75, 3.05) is 0 Å². The molecular formula is C7H8N2O2. The van der Waals surface area contributed by atoms with Gasteiger partial charge in [-0.1, -0.05) is 6.07 Å². The van der Waals surface area contributed by atoms with Gasteiger partial charge in [0.1, 0.15) is 11.5 Å². The average molecular weight is 152 g/mol. The molecule has 0 atom stereocenters. The Kier molecular flexibility index (Phi) is 2.32. The van der Waals surface area contributed by atoms with Crippen molar-refractivity contribution in [2.45, 2.75) is 0 Å². The molecule has 0 aliphatic rings. The quantitative estimate of drug-likeness (QED) is 0.283. The summed E-state index contributed by atoms with van der Waals surface area (Å²) >= 11 is 0. The number of hydrogen-bond donors (Lipinski definition) is 2. The monoisotopic (exact) mass is 152 g/mol. The van der Waals surface area contributed by atoms with Crippen LogP contribution in [0.2, 0.25) is 0 Å². The number of phenolic OH excluding ortho intramolecular Hbond substituents is 1. The van der Waals surface area contributed by atoms with Gasteiger partial charge < -0.3 is 15.7 Å². The lowest BCUT2D eigenvalue weighted by atomic mass is 10.3. The number of aromatic hydroxyl groups is 1. The van der Waals surface area contributed by atoms with Gasteiger partial charge in [-0.15, -0.1) is 0 Å². The highest BCUT2D eigenvalue weighted by molar-refractivity contribution is 5.52. The van der Waals surface area contributed by atoms with Crippen LogP contribution in [0, 0.1) is 0 Å². The van der Waals surface area contributed by atoms with Crippen molar-refractivity contribution in [1.29, 1.82) is 0 Å². The molecule has 0 bridgehead atoms. The summed E-state index contributed by atoms with van der Waals surface area (Å²) in [5.41, 5.74) is 0. The zero-order valence-electron chi connectivity index (χ0n) is 5.77. The van der Waals surface area contributed by atoms with Gasteiger partial charge in [0.2, 0.25) is 0 Å². The van der Waals surface area contributed by atoms with Gasteiger partial charge in [0.05, 0.1) is 0 Å². The summed E-state index contributed by atoms with van der Waals surface area (Å²) in [5.74, 6) is 5.44. The summed E-state index contributed by atoms with van der Waals surface area (Å²) < 4.78 is 4.86. The van der Waals surface area contributed by atoms with Crippen LogP contribution in [0.25, 0.3) is 0 Å². The highest BCUT2D eigenvalue weighted by Gasteiger charge is 1.91. The van der Waals surface area contributed by atoms with E-state index in [0.717, 1.165) is 6.40 Å². The van der Waals surface area contributed by atoms with Crippen LogP contribution in [-0.4, -0.2) is 11.5 Å². The molecule has 0 heterocycles. The number of phenols is 1. The molecular weight excluding hydrogens is 144 g/mol. The number of hydrogen-bond acceptors (Lipinski definition) is 4. The van der Waals surface area contributed by atoms with E-state index in [1.165, 1.54) is 6.07 Å². The second-order valence-corrected chi connectivity index (χ2v) is 1.87. The fourth-order valence-corrected chi connectivity index (χ4v) is 0.648. The number of ether oxygens (including phenoxy) is 1. The molecule has 0 aliphatic carbocycles. The fraction of sp³-hybridized carbons (Fsp3) is 0. The van der Waals surface area contributed by atoms with Gasteiger partial charge in [-0.2, -0.15) is 5.10 Å². The van der Waals surface area contributed by atoms with Gasteiger partial charge in [-0.25, -0.2) is 0 Å². The molecule has 0 radical (unpaired) electrons. The Hall–Kier alpha value is -1.71. The van der Waals surface area contributed by atoms with Crippen LogP contribution in [0.4, 0.5) is 0 Å². The van der Waals surface area contributed by atoms with Crippen molar-refractivity contribution >= 4 is 6.40 Å². The molecule has 0 saturated carbocycles. The first-order chi connectivity index (χ1) is 5.33. The van der Waals surface area contributed by atoms with E-state index in [9.17, 15) is 0 Å². The molecule has 0 aromatic heterocycles. The Labute approximate surface area is 63.9 Å². The molecule has 0 spiro atoms. The van der Waals surface area contributed by atoms with Crippen LogP contribution < -0.4 is 10.6 Å². The molecule has 58 valence electrons. The van der Waals surface area contributed by atoms with Crippen molar-refractivity contribution in [1.82, 2.24) is 0 Å². The van der Waals surface area contributed by atoms with Crippen molar-refractivity contribution < 1.29 is 9.84 Å². The molecule has 1 aromatic rings. The summed E-state index contributed by atoms with van der Waals surface area (Å²) in [6.45, 7) is 0. The summed E-state index contributed by atoms with van der Waals surface area (Å²) in [6, 6.07) is 6.35. The number of nitrogens with two attached hydrogens (primary N) is 1. The van der Waals surface area contributed by atoms with Crippen molar-refractivity contribution in [3.8, 4) is 11.5 Å². The lowest BCUT2D eigenvalue weighted by molar-refractivity contribution is 0.469. The second-order valence-electron chi connectivity index (χ2n) is 1.87. The molecule has 1 rings (SSSR count). The van der Waals surface area contributed by atoms with Crippen LogP contribution in [0.1, 0.15) is 0 Å². The minimum absolute atomic E-state index is 0.146. The smallest absolute Gasteiger partial charge is 0.198 e. The van der Waals surface area contributed by atoms with Gasteiger partial charge in [0, 0.05) is 6.07 Å². The van der Waals surface area contributed by atoms with E-state index in [2.05, 4.69) is 5.10 Å². The SMILES string of the molecule is NN=COc1cccc(O)c1. The first-order valence-electron chi connectivity index (χ1n) is 3.00. The predicted molar refractivity (Wildman–Crippen MR) is 41.4 cm³/mol. The van der Waals surface area contributed by atoms with Gasteiger partial charge in [-0.3, -0.25) is 0 Å². The summed E-state index contributed by atoms with van der Waals surface area (Å²) in [7, 11) is 0. The van der Waals surface area contributed by atoms with Crippen LogP contribution in [0.5, 0.6) is 11.5 Å². The van der Waals surface area contributed by atoms with E-state index in [4.69, 9.17) is 15.7 Å². The van der Waals surface area contributed by atoms with Gasteiger partial charge in [0.25, 0.3) is 0 Å². The molecule has 4 heteroatoms. The zero-order chi connectivity index (χ0) is 8.10. The molecule has 1 aromatic carbocycles. The second kappa shape index (κ2) is 3.46. The minimum Gasteiger partial charge on any atom is -0.508 e. The third kappa shape index (κ3) is 2.17. The summed E-state index contributed by atoms with van der Waals surface area (Å²) in [4.78, 5) is 0. The Morgan fingerprint density at radius 3 is 3.00 bits per heavy atom. The minimum atomic E-state index is 0.146. The Balaban J connectivity index is 2.71. The fourth-order valence-electron chi connectivity index (χ4n) is 0.648. The third-order valence-electron chi connectivity index (χ3n) is 1.07. The number of rotatable bonds is 2. The number of benzene rings is 1. The highest BCUT2D eigenvalue weighted by atomic mass is 16.5. The first kappa shape index (κ1) is 7.40. The molecule has 0 fully saturated rings. The van der Waals surface area contributed by atoms with Crippen LogP contribution in [-0.2, 0) is 0 Å². The summed E-state index contributed by atoms with van der Waals surface area (Å²) in [6.07, 6.45) is 1.09. The third-order valence-corrected chi connectivity index (χ3v) is 1.07. The normalized spacial score (nSPS) is 10.2. The maximum atomic E-state index is 8.96. The van der Waals surface area contributed by atoms with E-state index in [-0.39, 0.29) is 5.75 Å². The lowest BCUT2D eigenvalue weighted by Gasteiger charge is -1.97. The zero-order valence-corrected chi connectivity index (χ0v) is 5.77. The Bertz CT molecular complexity index is 260. The molecule has 0 amide bonds. The lowest BCUT2D eigenvalue weighted by Crippen LogP contribution is -1.92. The van der Waals surface area contributed by atoms with E-state index in [0.29, 0.717) is 5.75 Å². The van der Waals surface area contributed by atoms with Crippen molar-refractivity contribution in [3.63, 3.8) is 0 Å². The van der Waals surface area contributed by atoms with E-state index >= 15 is 0 Å². The van der Waals surface area contributed by atoms with Crippen molar-refractivity contribution in [3.05, 3.63) is 24.3 Å². The molecule has 3 N–H and O–H groups in total. The maximum absolute atomic E-state index is 8.96. The standard InChI is InChI=1S/C7H8N2O2/c8-9-5-11-7-3-1-2-6(10)4-7/h1-5,10H,8H2. The van der Waals surface area contributed by atoms with Crippen LogP contribution >= 0.6 is 0 Å². The molecule has 0 saturated heterocycles. The summed E-state index contributed by atoms with van der Waals surface area (Å²) in [5, 5.41) is 12.1. The van der Waals surface area contributed by atoms with Crippen LogP contribution in [0.3, 0.4) is 0 Å². The van der Waals surface area contributed by atoms with Gasteiger partial charge in [-0.05, 0) is 12.1 Å². The maximum Gasteiger partial charge on any atom is 0.198 e. The molecule has 0 unspecified atom stereocenters. The molecule has 0 aliphatic heterocycles. The average Bonchev–Trinajstić information content (AvgIpc) is 2.01. The highest BCUT2D eigenvalue weighted by Crippen LogP contribution is 2.16. The predicted octanol–water partition coefficient (Wildman–Crippen LogP) is 0.673. The Morgan fingerprint density at radius 2 is 2.36 bits per heavy atom. The van der Waals surface area contributed by atoms with E-state index in [1.54, 1.807) is 18.2 Å². The molecule has 11 heavy (non-hydrogen) atoms. The van der Waals surface area contributed by atoms with E-state index in [1.807, 2.05) is 0 Å². The largest absolute Gasteiger partial charge is 0.508 e. The Morgan fingerprint density at radius 1 is 1.55 bits per heavy atom. The number of hydrazone groups is 1. The van der Waals surface area contributed by atoms with Gasteiger partial charge in [0.15, 0.2) is 6.40 Å². The first-order valence-corrected chi connectivity index (χ1v) is 3.00. The topological polar surface area (TPSA) is 67.8 Å². The van der Waals surface area contributed by atoms with Crippen molar-refractivity contribution in [2.24, 2.45) is 10.9 Å².